The quantitative estimate of drug-likeness (QED) is 0.304. The largest absolute Gasteiger partial charge is 0.497 e. The molecule has 1 atom stereocenters. The van der Waals surface area contributed by atoms with E-state index in [4.69, 9.17) is 14.5 Å². The second-order valence-corrected chi connectivity index (χ2v) is 9.68. The van der Waals surface area contributed by atoms with Crippen LogP contribution in [0, 0.1) is 13.8 Å². The number of aliphatic carboxylic acids is 1. The lowest BCUT2D eigenvalue weighted by Crippen LogP contribution is -2.28. The summed E-state index contributed by atoms with van der Waals surface area (Å²) in [4.78, 5) is 21.9. The summed E-state index contributed by atoms with van der Waals surface area (Å²) in [6.45, 7) is 9.29. The molecule has 7 nitrogen and oxygen atoms in total. The van der Waals surface area contributed by atoms with Gasteiger partial charge in [-0.1, -0.05) is 30.3 Å². The fourth-order valence-corrected chi connectivity index (χ4v) is 4.25. The molecule has 4 rings (SSSR count). The minimum atomic E-state index is -1.20. The van der Waals surface area contributed by atoms with Gasteiger partial charge in [0.2, 0.25) is 0 Å². The molecule has 186 valence electrons. The van der Waals surface area contributed by atoms with E-state index >= 15 is 0 Å². The molecule has 4 aromatic rings. The van der Waals surface area contributed by atoms with Gasteiger partial charge in [0.25, 0.3) is 0 Å². The molecule has 0 saturated heterocycles. The molecule has 2 N–H and O–H groups in total. The van der Waals surface area contributed by atoms with Gasteiger partial charge in [0.05, 0.1) is 30.1 Å². The number of fused-ring (bicyclic) bond motifs is 1. The number of nitrogens with one attached hydrogen (secondary N) is 1. The Balaban J connectivity index is 1.89. The SMILES string of the molecule is COc1ccc(-c2c(C)nc(Nc3cnc4ccccc4c3)c(C)c2C(OC(C)(C)C)C(=O)O)cc1. The highest BCUT2D eigenvalue weighted by atomic mass is 16.5. The van der Waals surface area contributed by atoms with Gasteiger partial charge in [0, 0.05) is 22.2 Å². The molecule has 0 spiro atoms. The minimum Gasteiger partial charge on any atom is -0.497 e. The highest BCUT2D eigenvalue weighted by Crippen LogP contribution is 2.40. The summed E-state index contributed by atoms with van der Waals surface area (Å²) in [5.74, 6) is 0.206. The third-order valence-corrected chi connectivity index (χ3v) is 5.86. The first-order valence-corrected chi connectivity index (χ1v) is 11.8. The molecule has 2 heterocycles. The molecule has 2 aromatic carbocycles. The number of hydrogen-bond donors (Lipinski definition) is 2. The maximum absolute atomic E-state index is 12.5. The highest BCUT2D eigenvalue weighted by Gasteiger charge is 2.33. The number of methoxy groups -OCH3 is 1. The summed E-state index contributed by atoms with van der Waals surface area (Å²) in [6, 6.07) is 17.4. The number of benzene rings is 2. The number of hydrogen-bond acceptors (Lipinski definition) is 6. The number of aromatic nitrogens is 2. The number of para-hydroxylation sites is 1. The van der Waals surface area contributed by atoms with Crippen LogP contribution in [0.5, 0.6) is 5.75 Å². The maximum atomic E-state index is 12.5. The van der Waals surface area contributed by atoms with Crippen molar-refractivity contribution < 1.29 is 19.4 Å². The average molecular weight is 486 g/mol. The van der Waals surface area contributed by atoms with Gasteiger partial charge in [-0.05, 0) is 70.0 Å². The van der Waals surface area contributed by atoms with Crippen molar-refractivity contribution >= 4 is 28.4 Å². The molecule has 0 radical (unpaired) electrons. The van der Waals surface area contributed by atoms with E-state index in [1.807, 2.05) is 89.2 Å². The minimum absolute atomic E-state index is 0.556. The van der Waals surface area contributed by atoms with Crippen LogP contribution in [-0.4, -0.2) is 33.8 Å². The second kappa shape index (κ2) is 9.95. The maximum Gasteiger partial charge on any atom is 0.337 e. The Morgan fingerprint density at radius 3 is 2.39 bits per heavy atom. The number of pyridine rings is 2. The predicted octanol–water partition coefficient (Wildman–Crippen LogP) is 6.61. The first-order valence-electron chi connectivity index (χ1n) is 11.8. The molecular weight excluding hydrogens is 454 g/mol. The normalized spacial score (nSPS) is 12.4. The van der Waals surface area contributed by atoms with E-state index in [0.29, 0.717) is 28.4 Å². The monoisotopic (exact) mass is 485 g/mol. The first-order chi connectivity index (χ1) is 17.1. The van der Waals surface area contributed by atoms with Gasteiger partial charge in [-0.15, -0.1) is 0 Å². The molecule has 0 aliphatic carbocycles. The Kier molecular flexibility index (Phi) is 6.95. The molecule has 2 aromatic heterocycles. The number of ether oxygens (including phenoxy) is 2. The van der Waals surface area contributed by atoms with Gasteiger partial charge >= 0.3 is 5.97 Å². The summed E-state index contributed by atoms with van der Waals surface area (Å²) >= 11 is 0. The van der Waals surface area contributed by atoms with E-state index in [9.17, 15) is 9.90 Å². The van der Waals surface area contributed by atoms with E-state index in [2.05, 4.69) is 10.3 Å². The second-order valence-electron chi connectivity index (χ2n) is 9.68. The van der Waals surface area contributed by atoms with Crippen molar-refractivity contribution in [3.63, 3.8) is 0 Å². The van der Waals surface area contributed by atoms with Crippen LogP contribution in [0.15, 0.2) is 60.8 Å². The number of carbonyl (C=O) groups is 1. The first kappa shape index (κ1) is 25.1. The molecule has 0 aliphatic rings. The lowest BCUT2D eigenvalue weighted by molar-refractivity contribution is -0.160. The molecule has 0 fully saturated rings. The fraction of sp³-hybridized carbons (Fsp3) is 0.276. The van der Waals surface area contributed by atoms with Crippen molar-refractivity contribution in [1.82, 2.24) is 9.97 Å². The van der Waals surface area contributed by atoms with Gasteiger partial charge < -0.3 is 19.9 Å². The van der Waals surface area contributed by atoms with Crippen LogP contribution in [0.25, 0.3) is 22.0 Å². The topological polar surface area (TPSA) is 93.6 Å². The van der Waals surface area contributed by atoms with Crippen LogP contribution >= 0.6 is 0 Å². The summed E-state index contributed by atoms with van der Waals surface area (Å²) in [5.41, 5.74) is 4.47. The number of anilines is 2. The zero-order valence-electron chi connectivity index (χ0n) is 21.4. The number of rotatable bonds is 7. The van der Waals surface area contributed by atoms with Crippen LogP contribution in [0.2, 0.25) is 0 Å². The van der Waals surface area contributed by atoms with Crippen molar-refractivity contribution in [1.29, 1.82) is 0 Å². The highest BCUT2D eigenvalue weighted by molar-refractivity contribution is 5.85. The Bertz CT molecular complexity index is 1410. The molecule has 0 saturated carbocycles. The average Bonchev–Trinajstić information content (AvgIpc) is 2.84. The Hall–Kier alpha value is -3.97. The van der Waals surface area contributed by atoms with Crippen LogP contribution < -0.4 is 10.1 Å². The number of carboxylic acids is 1. The molecule has 0 bridgehead atoms. The summed E-state index contributed by atoms with van der Waals surface area (Å²) < 4.78 is 11.4. The van der Waals surface area contributed by atoms with Crippen LogP contribution in [-0.2, 0) is 9.53 Å². The Morgan fingerprint density at radius 1 is 1.06 bits per heavy atom. The Labute approximate surface area is 211 Å². The number of aryl methyl sites for hydroxylation is 1. The predicted molar refractivity (Wildman–Crippen MR) is 142 cm³/mol. The van der Waals surface area contributed by atoms with Crippen molar-refractivity contribution in [2.45, 2.75) is 46.3 Å². The van der Waals surface area contributed by atoms with Crippen LogP contribution in [0.4, 0.5) is 11.5 Å². The van der Waals surface area contributed by atoms with E-state index in [1.165, 1.54) is 0 Å². The lowest BCUT2D eigenvalue weighted by Gasteiger charge is -2.29. The van der Waals surface area contributed by atoms with Crippen LogP contribution in [0.1, 0.15) is 43.7 Å². The smallest absolute Gasteiger partial charge is 0.337 e. The molecule has 36 heavy (non-hydrogen) atoms. The van der Waals surface area contributed by atoms with E-state index in [1.54, 1.807) is 13.3 Å². The van der Waals surface area contributed by atoms with Gasteiger partial charge in [0.15, 0.2) is 6.10 Å². The van der Waals surface area contributed by atoms with E-state index in [-0.39, 0.29) is 0 Å². The van der Waals surface area contributed by atoms with Gasteiger partial charge in [-0.2, -0.15) is 0 Å². The number of nitrogens with zero attached hydrogens (tertiary/aromatic N) is 2. The fourth-order valence-electron chi connectivity index (χ4n) is 4.25. The Morgan fingerprint density at radius 2 is 1.75 bits per heavy atom. The van der Waals surface area contributed by atoms with Crippen molar-refractivity contribution in [3.8, 4) is 16.9 Å². The zero-order valence-corrected chi connectivity index (χ0v) is 21.4. The molecule has 7 heteroatoms. The standard InChI is InChI=1S/C29H31N3O4/c1-17-24(26(28(33)34)36-29(3,4)5)25(19-11-13-22(35-6)14-12-19)18(2)31-27(17)32-21-15-20-9-7-8-10-23(20)30-16-21/h7-16,26H,1-6H3,(H,31,32)(H,33,34). The van der Waals surface area contributed by atoms with Crippen molar-refractivity contribution in [2.24, 2.45) is 0 Å². The zero-order chi connectivity index (χ0) is 26.0. The van der Waals surface area contributed by atoms with Crippen molar-refractivity contribution in [3.05, 3.63) is 77.6 Å². The molecule has 0 aliphatic heterocycles. The van der Waals surface area contributed by atoms with Crippen LogP contribution in [0.3, 0.4) is 0 Å². The summed E-state index contributed by atoms with van der Waals surface area (Å²) in [7, 11) is 1.61. The molecule has 0 amide bonds. The third-order valence-electron chi connectivity index (χ3n) is 5.86. The lowest BCUT2D eigenvalue weighted by atomic mass is 9.91. The summed E-state index contributed by atoms with van der Waals surface area (Å²) in [6.07, 6.45) is 0.551. The van der Waals surface area contributed by atoms with Gasteiger partial charge in [-0.25, -0.2) is 9.78 Å². The summed E-state index contributed by atoms with van der Waals surface area (Å²) in [5, 5.41) is 14.6. The van der Waals surface area contributed by atoms with Crippen molar-refractivity contribution in [2.75, 3.05) is 12.4 Å². The molecule has 1 unspecified atom stereocenters. The van der Waals surface area contributed by atoms with Gasteiger partial charge in [0.1, 0.15) is 11.6 Å². The third kappa shape index (κ3) is 5.31. The van der Waals surface area contributed by atoms with E-state index < -0.39 is 17.7 Å². The molecular formula is C29H31N3O4. The number of carboxylic acid groups (broad SMARTS) is 1. The van der Waals surface area contributed by atoms with Gasteiger partial charge in [-0.3, -0.25) is 4.98 Å². The van der Waals surface area contributed by atoms with E-state index in [0.717, 1.165) is 27.7 Å².